The van der Waals surface area contributed by atoms with Crippen molar-refractivity contribution >= 4 is 39.4 Å². The molecule has 0 atom stereocenters. The third kappa shape index (κ3) is 4.30. The van der Waals surface area contributed by atoms with E-state index in [1.165, 1.54) is 23.6 Å². The molecule has 1 aromatic carbocycles. The molecule has 3 rings (SSSR count). The average molecular weight is 435 g/mol. The van der Waals surface area contributed by atoms with Crippen molar-refractivity contribution in [1.29, 1.82) is 0 Å². The third-order valence-corrected chi connectivity index (χ3v) is 4.97. The van der Waals surface area contributed by atoms with E-state index in [1.807, 2.05) is 19.1 Å². The Morgan fingerprint density at radius 1 is 1.42 bits per heavy atom. The van der Waals surface area contributed by atoms with Crippen LogP contribution in [0.15, 0.2) is 45.3 Å². The number of phenolic OH excluding ortho intramolecular Hbond substituents is 1. The van der Waals surface area contributed by atoms with Gasteiger partial charge in [0.05, 0.1) is 27.2 Å². The van der Waals surface area contributed by atoms with Gasteiger partial charge in [-0.05, 0) is 64.8 Å². The summed E-state index contributed by atoms with van der Waals surface area (Å²) in [7, 11) is 0. The van der Waals surface area contributed by atoms with Crippen LogP contribution in [0.1, 0.15) is 23.0 Å². The van der Waals surface area contributed by atoms with E-state index in [0.29, 0.717) is 17.9 Å². The Morgan fingerprint density at radius 3 is 3.00 bits per heavy atom. The number of nitrogens with one attached hydrogen (secondary N) is 2. The molecule has 0 aliphatic rings. The zero-order valence-electron chi connectivity index (χ0n) is 13.7. The van der Waals surface area contributed by atoms with Crippen LogP contribution in [0.3, 0.4) is 0 Å². The van der Waals surface area contributed by atoms with Gasteiger partial charge < -0.3 is 9.84 Å². The molecule has 134 valence electrons. The number of amides is 1. The third-order valence-electron chi connectivity index (χ3n) is 3.31. The zero-order chi connectivity index (χ0) is 18.5. The molecule has 0 aliphatic heterocycles. The van der Waals surface area contributed by atoms with Gasteiger partial charge in [0.1, 0.15) is 0 Å². The molecule has 0 saturated carbocycles. The lowest BCUT2D eigenvalue weighted by Crippen LogP contribution is -2.18. The number of hydrazone groups is 1. The predicted octanol–water partition coefficient (Wildman–Crippen LogP) is 3.77. The normalized spacial score (nSPS) is 11.0. The van der Waals surface area contributed by atoms with Gasteiger partial charge in [-0.2, -0.15) is 10.2 Å². The van der Waals surface area contributed by atoms with Crippen molar-refractivity contribution in [3.8, 4) is 22.1 Å². The van der Waals surface area contributed by atoms with E-state index in [0.717, 1.165) is 14.4 Å². The first-order valence-corrected chi connectivity index (χ1v) is 9.28. The summed E-state index contributed by atoms with van der Waals surface area (Å²) in [6.45, 7) is 2.26. The van der Waals surface area contributed by atoms with Crippen molar-refractivity contribution in [3.63, 3.8) is 0 Å². The summed E-state index contributed by atoms with van der Waals surface area (Å²) in [5.41, 5.74) is 4.10. The van der Waals surface area contributed by atoms with Crippen LogP contribution >= 0.6 is 27.3 Å². The highest BCUT2D eigenvalue weighted by Gasteiger charge is 2.12. The summed E-state index contributed by atoms with van der Waals surface area (Å²) in [6.07, 6.45) is 1.46. The van der Waals surface area contributed by atoms with Gasteiger partial charge >= 0.3 is 0 Å². The topological polar surface area (TPSA) is 99.6 Å². The molecule has 0 spiro atoms. The molecule has 0 aliphatic carbocycles. The molecule has 1 amide bonds. The molecule has 0 unspecified atom stereocenters. The van der Waals surface area contributed by atoms with Gasteiger partial charge in [0.25, 0.3) is 5.91 Å². The van der Waals surface area contributed by atoms with Gasteiger partial charge in [-0.1, -0.05) is 0 Å². The quantitative estimate of drug-likeness (QED) is 0.406. The van der Waals surface area contributed by atoms with Crippen molar-refractivity contribution in [3.05, 3.63) is 51.4 Å². The first-order chi connectivity index (χ1) is 12.6. The number of thiophene rings is 1. The van der Waals surface area contributed by atoms with Crippen molar-refractivity contribution in [1.82, 2.24) is 15.6 Å². The molecule has 0 fully saturated rings. The van der Waals surface area contributed by atoms with E-state index in [1.54, 1.807) is 18.2 Å². The van der Waals surface area contributed by atoms with Crippen LogP contribution in [0.5, 0.6) is 11.5 Å². The van der Waals surface area contributed by atoms with E-state index in [-0.39, 0.29) is 11.4 Å². The lowest BCUT2D eigenvalue weighted by Gasteiger charge is -2.05. The fraction of sp³-hybridized carbons (Fsp3) is 0.118. The lowest BCUT2D eigenvalue weighted by molar-refractivity contribution is 0.0950. The zero-order valence-corrected chi connectivity index (χ0v) is 16.1. The molecule has 2 aromatic heterocycles. The molecule has 0 bridgehead atoms. The molecular weight excluding hydrogens is 420 g/mol. The Balaban J connectivity index is 1.64. The maximum absolute atomic E-state index is 12.1. The number of H-pyrrole nitrogens is 1. The molecule has 9 heteroatoms. The summed E-state index contributed by atoms with van der Waals surface area (Å²) in [5.74, 6) is -0.0117. The minimum absolute atomic E-state index is 0.0531. The predicted molar refractivity (Wildman–Crippen MR) is 104 cm³/mol. The number of hydrogen-bond donors (Lipinski definition) is 3. The number of phenols is 1. The first kappa shape index (κ1) is 18.2. The minimum Gasteiger partial charge on any atom is -0.504 e. The van der Waals surface area contributed by atoms with E-state index in [2.05, 4.69) is 36.7 Å². The number of carbonyl (C=O) groups excluding carboxylic acids is 1. The van der Waals surface area contributed by atoms with Gasteiger partial charge in [0.15, 0.2) is 17.2 Å². The Morgan fingerprint density at radius 2 is 2.27 bits per heavy atom. The number of carbonyl (C=O) groups is 1. The molecule has 3 aromatic rings. The van der Waals surface area contributed by atoms with Crippen molar-refractivity contribution in [2.45, 2.75) is 6.92 Å². The highest BCUT2D eigenvalue weighted by atomic mass is 79.9. The number of aromatic nitrogens is 2. The minimum atomic E-state index is -0.428. The second-order valence-electron chi connectivity index (χ2n) is 5.13. The maximum Gasteiger partial charge on any atom is 0.291 e. The highest BCUT2D eigenvalue weighted by molar-refractivity contribution is 9.11. The van der Waals surface area contributed by atoms with E-state index in [4.69, 9.17) is 4.74 Å². The molecule has 26 heavy (non-hydrogen) atoms. The van der Waals surface area contributed by atoms with E-state index in [9.17, 15) is 9.90 Å². The maximum atomic E-state index is 12.1. The van der Waals surface area contributed by atoms with Crippen LogP contribution in [-0.2, 0) is 0 Å². The van der Waals surface area contributed by atoms with Crippen molar-refractivity contribution < 1.29 is 14.6 Å². The second-order valence-corrected chi connectivity index (χ2v) is 7.59. The standard InChI is InChI=1S/C17H15BrN4O3S/c1-2-25-14-7-10(3-4-13(14)23)9-19-22-17(24)12-8-11(20-21-12)15-5-6-16(18)26-15/h3-9,23H,2H2,1H3,(H,20,21)(H,22,24)/b19-9+. The number of nitrogens with zero attached hydrogens (tertiary/aromatic N) is 2. The Bertz CT molecular complexity index is 951. The van der Waals surface area contributed by atoms with Crippen LogP contribution in [0, 0.1) is 0 Å². The number of benzene rings is 1. The van der Waals surface area contributed by atoms with E-state index < -0.39 is 5.91 Å². The van der Waals surface area contributed by atoms with Gasteiger partial charge in [-0.3, -0.25) is 9.89 Å². The number of aromatic amines is 1. The average Bonchev–Trinajstić information content (AvgIpc) is 3.27. The number of rotatable bonds is 6. The Hall–Kier alpha value is -2.65. The van der Waals surface area contributed by atoms with Crippen LogP contribution in [0.25, 0.3) is 10.6 Å². The Labute approximate surface area is 161 Å². The molecule has 7 nitrogen and oxygen atoms in total. The largest absolute Gasteiger partial charge is 0.504 e. The van der Waals surface area contributed by atoms with Gasteiger partial charge in [-0.25, -0.2) is 5.43 Å². The molecular formula is C17H15BrN4O3S. The van der Waals surface area contributed by atoms with E-state index >= 15 is 0 Å². The van der Waals surface area contributed by atoms with Crippen LogP contribution in [0.4, 0.5) is 0 Å². The highest BCUT2D eigenvalue weighted by Crippen LogP contribution is 2.30. The number of halogens is 1. The lowest BCUT2D eigenvalue weighted by atomic mass is 10.2. The molecule has 0 radical (unpaired) electrons. The SMILES string of the molecule is CCOc1cc(/C=N/NC(=O)c2cc(-c3ccc(Br)s3)[nH]n2)ccc1O. The molecule has 0 saturated heterocycles. The molecule has 3 N–H and O–H groups in total. The number of ether oxygens (including phenoxy) is 1. The van der Waals surface area contributed by atoms with Crippen LogP contribution < -0.4 is 10.2 Å². The summed E-state index contributed by atoms with van der Waals surface area (Å²) in [4.78, 5) is 13.1. The van der Waals surface area contributed by atoms with Gasteiger partial charge in [0, 0.05) is 0 Å². The molecule has 2 heterocycles. The van der Waals surface area contributed by atoms with Crippen molar-refractivity contribution in [2.75, 3.05) is 6.61 Å². The first-order valence-electron chi connectivity index (χ1n) is 7.67. The second kappa shape index (κ2) is 8.15. The fourth-order valence-electron chi connectivity index (χ4n) is 2.13. The summed E-state index contributed by atoms with van der Waals surface area (Å²) in [6, 6.07) is 10.3. The van der Waals surface area contributed by atoms with Gasteiger partial charge in [-0.15, -0.1) is 11.3 Å². The van der Waals surface area contributed by atoms with Crippen LogP contribution in [0.2, 0.25) is 0 Å². The monoisotopic (exact) mass is 434 g/mol. The van der Waals surface area contributed by atoms with Gasteiger partial charge in [0.2, 0.25) is 0 Å². The van der Waals surface area contributed by atoms with Crippen molar-refractivity contribution in [2.24, 2.45) is 5.10 Å². The number of aromatic hydroxyl groups is 1. The fourth-order valence-corrected chi connectivity index (χ4v) is 3.48. The summed E-state index contributed by atoms with van der Waals surface area (Å²) < 4.78 is 6.30. The van der Waals surface area contributed by atoms with Crippen LogP contribution in [-0.4, -0.2) is 34.0 Å². The smallest absolute Gasteiger partial charge is 0.291 e. The summed E-state index contributed by atoms with van der Waals surface area (Å²) >= 11 is 4.94. The number of hydrogen-bond acceptors (Lipinski definition) is 6. The summed E-state index contributed by atoms with van der Waals surface area (Å²) in [5, 5.41) is 20.4. The Kier molecular flexibility index (Phi) is 5.69.